The third kappa shape index (κ3) is 20.5. The molecule has 3 saturated heterocycles. The molecule has 12 N–H and O–H groups in total. The molecule has 0 spiro atoms. The number of nitrogens with one attached hydrogen (secondary N) is 3. The molecule has 0 aromatic rings. The van der Waals surface area contributed by atoms with E-state index in [1.165, 1.54) is 0 Å². The van der Waals surface area contributed by atoms with E-state index in [0.29, 0.717) is 38.9 Å². The van der Waals surface area contributed by atoms with Crippen LogP contribution in [0, 0.1) is 23.7 Å². The lowest BCUT2D eigenvalue weighted by Crippen LogP contribution is -2.55. The topological polar surface area (TPSA) is 352 Å². The SMILES string of the molecule is CC1[C@H](OCCCNC(=O)CCOCC(COCCC(=O)NCCCO[C@@H]2OC(CO)[C@H](O)[C@H](O)C2C)COCCC(=O)NCCCO[C@@H]2OC(CO)[C@H](O)[C@H](O)C2C)OC(CO)[C@H](O)[C@@H]1O. The van der Waals surface area contributed by atoms with Crippen LogP contribution in [0.25, 0.3) is 0 Å². The Morgan fingerprint density at radius 2 is 0.716 bits per heavy atom. The molecule has 0 aromatic heterocycles. The molecule has 24 heteroatoms. The van der Waals surface area contributed by atoms with Crippen molar-refractivity contribution in [2.45, 2.75) is 133 Å². The minimum Gasteiger partial charge on any atom is -0.394 e. The van der Waals surface area contributed by atoms with Gasteiger partial charge in [0.05, 0.1) is 97.6 Å². The quantitative estimate of drug-likeness (QED) is 0.0276. The maximum atomic E-state index is 12.5. The first-order valence-electron chi connectivity index (χ1n) is 23.4. The van der Waals surface area contributed by atoms with Crippen LogP contribution < -0.4 is 16.0 Å². The van der Waals surface area contributed by atoms with Gasteiger partial charge < -0.3 is 105 Å². The van der Waals surface area contributed by atoms with Crippen molar-refractivity contribution >= 4 is 17.7 Å². The van der Waals surface area contributed by atoms with E-state index in [0.717, 1.165) is 0 Å². The molecule has 3 aliphatic rings. The van der Waals surface area contributed by atoms with Crippen molar-refractivity contribution in [2.24, 2.45) is 23.7 Å². The third-order valence-corrected chi connectivity index (χ3v) is 11.8. The van der Waals surface area contributed by atoms with Gasteiger partial charge in [0.1, 0.15) is 36.6 Å². The fourth-order valence-corrected chi connectivity index (χ4v) is 7.38. The van der Waals surface area contributed by atoms with Gasteiger partial charge in [0, 0.05) is 62.6 Å². The summed E-state index contributed by atoms with van der Waals surface area (Å²) in [7, 11) is 0. The van der Waals surface area contributed by atoms with Gasteiger partial charge in [0.15, 0.2) is 18.9 Å². The summed E-state index contributed by atoms with van der Waals surface area (Å²) in [5.41, 5.74) is 0. The first kappa shape index (κ1) is 59.0. The maximum absolute atomic E-state index is 12.5. The van der Waals surface area contributed by atoms with Crippen molar-refractivity contribution < 1.29 is 103 Å². The van der Waals surface area contributed by atoms with Crippen molar-refractivity contribution in [3.63, 3.8) is 0 Å². The fraction of sp³-hybridized carbons (Fsp3) is 0.930. The minimum absolute atomic E-state index is 0.0681. The molecule has 0 saturated carbocycles. The smallest absolute Gasteiger partial charge is 0.222 e. The van der Waals surface area contributed by atoms with E-state index in [9.17, 15) is 60.3 Å². The molecule has 0 bridgehead atoms. The average Bonchev–Trinajstić information content (AvgIpc) is 3.32. The summed E-state index contributed by atoms with van der Waals surface area (Å²) in [6, 6.07) is 0. The van der Waals surface area contributed by atoms with Crippen molar-refractivity contribution in [3.05, 3.63) is 0 Å². The van der Waals surface area contributed by atoms with E-state index in [2.05, 4.69) is 16.0 Å². The Bertz CT molecular complexity index is 1210. The number of carbonyl (C=O) groups excluding carboxylic acids is 3. The molecule has 24 nitrogen and oxygen atoms in total. The van der Waals surface area contributed by atoms with Crippen LogP contribution in [-0.2, 0) is 57.0 Å². The average molecular weight is 974 g/mol. The Morgan fingerprint density at radius 1 is 0.448 bits per heavy atom. The van der Waals surface area contributed by atoms with Gasteiger partial charge in [-0.05, 0) is 19.3 Å². The minimum atomic E-state index is -1.22. The summed E-state index contributed by atoms with van der Waals surface area (Å²) in [5.74, 6) is -2.64. The summed E-state index contributed by atoms with van der Waals surface area (Å²) < 4.78 is 51.0. The Morgan fingerprint density at radius 3 is 0.970 bits per heavy atom. The first-order chi connectivity index (χ1) is 32.1. The highest BCUT2D eigenvalue weighted by Gasteiger charge is 2.44. The molecule has 3 amide bonds. The Hall–Kier alpha value is -2.31. The van der Waals surface area contributed by atoms with Crippen LogP contribution in [0.3, 0.4) is 0 Å². The zero-order valence-corrected chi connectivity index (χ0v) is 39.0. The summed E-state index contributed by atoms with van der Waals surface area (Å²) in [4.78, 5) is 37.4. The van der Waals surface area contributed by atoms with Crippen LogP contribution in [0.4, 0.5) is 0 Å². The van der Waals surface area contributed by atoms with E-state index < -0.39 is 111 Å². The maximum Gasteiger partial charge on any atom is 0.222 e. The van der Waals surface area contributed by atoms with Crippen LogP contribution in [0.1, 0.15) is 59.3 Å². The zero-order valence-electron chi connectivity index (χ0n) is 39.0. The molecule has 3 fully saturated rings. The molecule has 3 rings (SSSR count). The highest BCUT2D eigenvalue weighted by atomic mass is 16.7. The van der Waals surface area contributed by atoms with E-state index in [1.54, 1.807) is 20.8 Å². The largest absolute Gasteiger partial charge is 0.394 e. The number of aliphatic hydroxyl groups excluding tert-OH is 9. The Balaban J connectivity index is 1.32. The van der Waals surface area contributed by atoms with E-state index in [1.807, 2.05) is 0 Å². The number of rotatable bonds is 33. The van der Waals surface area contributed by atoms with Crippen molar-refractivity contribution in [2.75, 3.05) is 98.9 Å². The number of hydrogen-bond acceptors (Lipinski definition) is 21. The number of ether oxygens (including phenoxy) is 9. The van der Waals surface area contributed by atoms with Crippen LogP contribution >= 0.6 is 0 Å². The van der Waals surface area contributed by atoms with Crippen LogP contribution in [0.5, 0.6) is 0 Å². The molecule has 6 unspecified atom stereocenters. The van der Waals surface area contributed by atoms with E-state index in [4.69, 9.17) is 42.6 Å². The number of aliphatic hydroxyl groups is 9. The Kier molecular flexibility index (Phi) is 28.7. The zero-order chi connectivity index (χ0) is 49.3. The number of carbonyl (C=O) groups is 3. The molecule has 3 aliphatic heterocycles. The van der Waals surface area contributed by atoms with E-state index >= 15 is 0 Å². The summed E-state index contributed by atoms with van der Waals surface area (Å²) in [6.07, 6.45) is -10.8. The summed E-state index contributed by atoms with van der Waals surface area (Å²) >= 11 is 0. The molecule has 0 aromatic carbocycles. The van der Waals surface area contributed by atoms with Crippen molar-refractivity contribution in [1.29, 1.82) is 0 Å². The van der Waals surface area contributed by atoms with Crippen LogP contribution in [-0.4, -0.2) is 236 Å². The standard InChI is InChI=1S/C43H79N3O21/c1-25-35(53)38(56)29(19-47)65-41(25)62-13-4-10-44-32(50)7-16-59-22-28(23-60-17-8-33(51)45-11-5-14-63-42-26(2)36(54)39(57)30(20-48)66-42)24-61-18-9-34(52)46-12-6-15-64-43-27(3)37(55)40(58)31(21-49)67-43/h25-31,35-43,47-49,53-58H,4-24H2,1-3H3,(H,44,50)(H,45,51)(H,46,52)/t25?,26?,27?,28?,29?,30?,31?,35-,36-,37-,38+,39+,40+,41-,42-,43-/m1/s1. The van der Waals surface area contributed by atoms with Gasteiger partial charge in [-0.3, -0.25) is 14.4 Å². The molecule has 67 heavy (non-hydrogen) atoms. The number of amides is 3. The van der Waals surface area contributed by atoms with Gasteiger partial charge in [0.25, 0.3) is 0 Å². The van der Waals surface area contributed by atoms with Crippen LogP contribution in [0.2, 0.25) is 0 Å². The molecular weight excluding hydrogens is 894 g/mol. The highest BCUT2D eigenvalue weighted by Crippen LogP contribution is 2.29. The molecule has 392 valence electrons. The van der Waals surface area contributed by atoms with Crippen LogP contribution in [0.15, 0.2) is 0 Å². The fourth-order valence-electron chi connectivity index (χ4n) is 7.38. The summed E-state index contributed by atoms with van der Waals surface area (Å²) in [6.45, 7) is 5.85. The van der Waals surface area contributed by atoms with Gasteiger partial charge in [-0.25, -0.2) is 0 Å². The van der Waals surface area contributed by atoms with E-state index in [-0.39, 0.29) is 102 Å². The molecule has 0 aliphatic carbocycles. The normalized spacial score (nSPS) is 32.7. The van der Waals surface area contributed by atoms with Gasteiger partial charge in [-0.2, -0.15) is 0 Å². The molecule has 15 atom stereocenters. The molecule has 0 radical (unpaired) electrons. The van der Waals surface area contributed by atoms with Crippen molar-refractivity contribution in [3.8, 4) is 0 Å². The first-order valence-corrected chi connectivity index (χ1v) is 23.4. The third-order valence-electron chi connectivity index (χ3n) is 11.8. The monoisotopic (exact) mass is 974 g/mol. The predicted octanol–water partition coefficient (Wildman–Crippen LogP) is -4.38. The lowest BCUT2D eigenvalue weighted by atomic mass is 9.92. The van der Waals surface area contributed by atoms with Gasteiger partial charge in [-0.15, -0.1) is 0 Å². The van der Waals surface area contributed by atoms with Crippen molar-refractivity contribution in [1.82, 2.24) is 16.0 Å². The molecular formula is C43H79N3O21. The lowest BCUT2D eigenvalue weighted by molar-refractivity contribution is -0.282. The molecule has 3 heterocycles. The summed E-state index contributed by atoms with van der Waals surface area (Å²) in [5, 5.41) is 97.1. The Labute approximate surface area is 391 Å². The second-order valence-electron chi connectivity index (χ2n) is 17.3. The van der Waals surface area contributed by atoms with Gasteiger partial charge in [0.2, 0.25) is 17.7 Å². The predicted molar refractivity (Wildman–Crippen MR) is 231 cm³/mol. The lowest BCUT2D eigenvalue weighted by Gasteiger charge is -2.40. The van der Waals surface area contributed by atoms with Gasteiger partial charge >= 0.3 is 0 Å². The van der Waals surface area contributed by atoms with Gasteiger partial charge in [-0.1, -0.05) is 20.8 Å². The second kappa shape index (κ2) is 32.6. The highest BCUT2D eigenvalue weighted by molar-refractivity contribution is 5.76. The second-order valence-corrected chi connectivity index (χ2v) is 17.3. The number of hydrogen-bond donors (Lipinski definition) is 12.